The maximum atomic E-state index is 7.19. The Balaban J connectivity index is 1.46. The average molecular weight is 443 g/mol. The number of para-hydroxylation sites is 1. The summed E-state index contributed by atoms with van der Waals surface area (Å²) in [5.74, 6) is 0.879. The summed E-state index contributed by atoms with van der Waals surface area (Å²) in [5, 5.41) is 1.01. The number of ether oxygens (including phenoxy) is 2. The highest BCUT2D eigenvalue weighted by Gasteiger charge is 2.33. The number of aromatic nitrogens is 1. The minimum atomic E-state index is 0.280. The van der Waals surface area contributed by atoms with Gasteiger partial charge in [-0.3, -0.25) is 9.88 Å². The molecule has 0 bridgehead atoms. The maximum absolute atomic E-state index is 7.19. The van der Waals surface area contributed by atoms with Crippen LogP contribution < -0.4 is 9.64 Å². The Labute approximate surface area is 195 Å². The average Bonchev–Trinajstić information content (AvgIpc) is 3.32. The summed E-state index contributed by atoms with van der Waals surface area (Å²) in [6.45, 7) is 15.5. The molecule has 33 heavy (non-hydrogen) atoms. The third kappa shape index (κ3) is 4.15. The van der Waals surface area contributed by atoms with E-state index in [1.165, 1.54) is 0 Å². The molecule has 2 aromatic carbocycles. The Morgan fingerprint density at radius 3 is 2.52 bits per heavy atom. The normalized spacial score (nSPS) is 23.6. The van der Waals surface area contributed by atoms with Gasteiger partial charge in [0.2, 0.25) is 0 Å². The number of methoxy groups -OCH3 is 1. The first kappa shape index (κ1) is 21.7. The lowest BCUT2D eigenvalue weighted by Crippen LogP contribution is -2.50. The molecule has 6 nitrogen and oxygen atoms in total. The van der Waals surface area contributed by atoms with Crippen molar-refractivity contribution in [2.75, 3.05) is 38.2 Å². The van der Waals surface area contributed by atoms with E-state index in [1.807, 2.05) is 30.5 Å². The maximum Gasteiger partial charge on any atom is 0.187 e. The predicted molar refractivity (Wildman–Crippen MR) is 132 cm³/mol. The van der Waals surface area contributed by atoms with E-state index in [4.69, 9.17) is 21.0 Å². The van der Waals surface area contributed by atoms with Gasteiger partial charge in [0.25, 0.3) is 0 Å². The van der Waals surface area contributed by atoms with Gasteiger partial charge in [-0.25, -0.2) is 4.85 Å². The van der Waals surface area contributed by atoms with Crippen molar-refractivity contribution in [3.05, 3.63) is 60.1 Å². The Morgan fingerprint density at radius 2 is 1.82 bits per heavy atom. The van der Waals surface area contributed by atoms with E-state index < -0.39 is 0 Å². The van der Waals surface area contributed by atoms with Crippen molar-refractivity contribution in [1.82, 2.24) is 9.88 Å². The Hall–Kier alpha value is -3.14. The van der Waals surface area contributed by atoms with Crippen LogP contribution in [0.15, 0.2) is 48.7 Å². The van der Waals surface area contributed by atoms with E-state index >= 15 is 0 Å². The van der Waals surface area contributed by atoms with Crippen LogP contribution in [0.2, 0.25) is 0 Å². The van der Waals surface area contributed by atoms with E-state index in [1.54, 1.807) is 7.11 Å². The fourth-order valence-corrected chi connectivity index (χ4v) is 5.35. The molecule has 3 heterocycles. The van der Waals surface area contributed by atoms with Gasteiger partial charge in [-0.1, -0.05) is 36.4 Å². The number of morpholine rings is 1. The van der Waals surface area contributed by atoms with Crippen LogP contribution in [-0.4, -0.2) is 61.4 Å². The summed E-state index contributed by atoms with van der Waals surface area (Å²) in [4.78, 5) is 13.4. The van der Waals surface area contributed by atoms with E-state index in [-0.39, 0.29) is 12.2 Å². The second-order valence-corrected chi connectivity index (χ2v) is 9.14. The van der Waals surface area contributed by atoms with Gasteiger partial charge in [-0.05, 0) is 31.9 Å². The van der Waals surface area contributed by atoms with Crippen molar-refractivity contribution in [2.24, 2.45) is 0 Å². The summed E-state index contributed by atoms with van der Waals surface area (Å²) in [6.07, 6.45) is 3.66. The largest absolute Gasteiger partial charge is 0.494 e. The highest BCUT2D eigenvalue weighted by atomic mass is 16.5. The second-order valence-electron chi connectivity index (χ2n) is 9.14. The molecule has 0 aliphatic carbocycles. The third-order valence-electron chi connectivity index (χ3n) is 6.81. The van der Waals surface area contributed by atoms with Gasteiger partial charge in [-0.2, -0.15) is 0 Å². The van der Waals surface area contributed by atoms with Crippen molar-refractivity contribution < 1.29 is 9.47 Å². The molecule has 6 heteroatoms. The molecular formula is C27H30N4O2. The molecule has 5 rings (SSSR count). The molecule has 2 aliphatic heterocycles. The van der Waals surface area contributed by atoms with E-state index in [2.05, 4.69) is 46.7 Å². The number of rotatable bonds is 4. The Kier molecular flexibility index (Phi) is 5.92. The first-order valence-electron chi connectivity index (χ1n) is 11.7. The molecule has 0 N–H and O–H groups in total. The molecule has 0 spiro atoms. The molecule has 2 fully saturated rings. The highest BCUT2D eigenvalue weighted by Crippen LogP contribution is 2.40. The van der Waals surface area contributed by atoms with Crippen LogP contribution in [0.4, 0.5) is 11.4 Å². The molecule has 1 aromatic heterocycles. The predicted octanol–water partition coefficient (Wildman–Crippen LogP) is 5.15. The van der Waals surface area contributed by atoms with Gasteiger partial charge < -0.3 is 14.4 Å². The van der Waals surface area contributed by atoms with Gasteiger partial charge in [0.1, 0.15) is 0 Å². The van der Waals surface area contributed by atoms with Crippen LogP contribution in [0.1, 0.15) is 20.3 Å². The first-order chi connectivity index (χ1) is 16.1. The van der Waals surface area contributed by atoms with Gasteiger partial charge in [-0.15, -0.1) is 0 Å². The highest BCUT2D eigenvalue weighted by molar-refractivity contribution is 5.99. The van der Waals surface area contributed by atoms with Gasteiger partial charge >= 0.3 is 0 Å². The number of hydrogen-bond acceptors (Lipinski definition) is 5. The fourth-order valence-electron chi connectivity index (χ4n) is 5.35. The van der Waals surface area contributed by atoms with Crippen LogP contribution in [0.5, 0.6) is 5.75 Å². The number of nitrogens with zero attached hydrogens (tertiary/aromatic N) is 4. The lowest BCUT2D eigenvalue weighted by atomic mass is 10.0. The molecule has 0 radical (unpaired) electrons. The summed E-state index contributed by atoms with van der Waals surface area (Å²) in [6, 6.07) is 14.4. The van der Waals surface area contributed by atoms with E-state index in [0.717, 1.165) is 66.1 Å². The Bertz CT molecular complexity index is 1180. The number of fused-ring (bicyclic) bond motifs is 1. The molecule has 1 unspecified atom stereocenters. The summed E-state index contributed by atoms with van der Waals surface area (Å²) in [5.41, 5.74) is 4.71. The lowest BCUT2D eigenvalue weighted by molar-refractivity contribution is -0.0779. The van der Waals surface area contributed by atoms with Crippen LogP contribution >= 0.6 is 0 Å². The van der Waals surface area contributed by atoms with E-state index in [9.17, 15) is 0 Å². The van der Waals surface area contributed by atoms with Crippen LogP contribution in [0, 0.1) is 6.57 Å². The number of hydrogen-bond donors (Lipinski definition) is 0. The molecule has 0 amide bonds. The molecule has 2 aliphatic rings. The fraction of sp³-hybridized carbons (Fsp3) is 0.407. The van der Waals surface area contributed by atoms with Crippen molar-refractivity contribution >= 4 is 22.3 Å². The summed E-state index contributed by atoms with van der Waals surface area (Å²) >= 11 is 0. The molecule has 170 valence electrons. The third-order valence-corrected chi connectivity index (χ3v) is 6.81. The molecular weight excluding hydrogens is 412 g/mol. The smallest absolute Gasteiger partial charge is 0.187 e. The van der Waals surface area contributed by atoms with Gasteiger partial charge in [0, 0.05) is 43.2 Å². The SMILES string of the molecule is [C-]#[N+]c1ccc(-c2cccc3c(OC)c(N4CCC(N5C[C@@H](C)O[C@@H](C)C5)C4)cnc23)cc1. The van der Waals surface area contributed by atoms with Gasteiger partial charge in [0.05, 0.1) is 43.3 Å². The first-order valence-corrected chi connectivity index (χ1v) is 11.7. The molecule has 3 aromatic rings. The standard InChI is InChI=1S/C27H30N4O2/c1-18-15-31(16-19(2)33-18)22-12-13-30(17-22)25-14-29-26-23(6-5-7-24(26)27(25)32-4)20-8-10-21(28-3)11-9-20/h5-11,14,18-19,22H,12-13,15-17H2,1-2,4H3/t18-,19+,22?. The second kappa shape index (κ2) is 9.01. The van der Waals surface area contributed by atoms with Gasteiger partial charge in [0.15, 0.2) is 11.4 Å². The van der Waals surface area contributed by atoms with Crippen LogP contribution in [0.25, 0.3) is 26.9 Å². The summed E-state index contributed by atoms with van der Waals surface area (Å²) < 4.78 is 11.9. The minimum absolute atomic E-state index is 0.280. The van der Waals surface area contributed by atoms with Crippen LogP contribution in [-0.2, 0) is 4.74 Å². The van der Waals surface area contributed by atoms with Crippen molar-refractivity contribution in [1.29, 1.82) is 0 Å². The number of pyridine rings is 1. The number of benzene rings is 2. The zero-order valence-corrected chi connectivity index (χ0v) is 19.5. The molecule has 0 saturated carbocycles. The summed E-state index contributed by atoms with van der Waals surface area (Å²) in [7, 11) is 1.74. The number of anilines is 1. The van der Waals surface area contributed by atoms with Crippen molar-refractivity contribution in [2.45, 2.75) is 38.5 Å². The van der Waals surface area contributed by atoms with Crippen molar-refractivity contribution in [3.63, 3.8) is 0 Å². The zero-order chi connectivity index (χ0) is 22.9. The minimum Gasteiger partial charge on any atom is -0.494 e. The Morgan fingerprint density at radius 1 is 1.06 bits per heavy atom. The lowest BCUT2D eigenvalue weighted by Gasteiger charge is -2.39. The quantitative estimate of drug-likeness (QED) is 0.523. The van der Waals surface area contributed by atoms with E-state index in [0.29, 0.717) is 11.7 Å². The zero-order valence-electron chi connectivity index (χ0n) is 19.5. The van der Waals surface area contributed by atoms with Crippen LogP contribution in [0.3, 0.4) is 0 Å². The van der Waals surface area contributed by atoms with Crippen molar-refractivity contribution in [3.8, 4) is 16.9 Å². The monoisotopic (exact) mass is 442 g/mol. The topological polar surface area (TPSA) is 42.2 Å². The molecule has 3 atom stereocenters. The molecule has 2 saturated heterocycles.